The van der Waals surface area contributed by atoms with Gasteiger partial charge in [0.25, 0.3) is 0 Å². The highest BCUT2D eigenvalue weighted by molar-refractivity contribution is 5.73. The second-order valence-electron chi connectivity index (χ2n) is 4.00. The van der Waals surface area contributed by atoms with E-state index in [2.05, 4.69) is 5.32 Å². The third kappa shape index (κ3) is 4.85. The van der Waals surface area contributed by atoms with E-state index in [0.717, 1.165) is 0 Å². The van der Waals surface area contributed by atoms with E-state index in [1.54, 1.807) is 0 Å². The van der Waals surface area contributed by atoms with Crippen molar-refractivity contribution in [1.82, 2.24) is 5.32 Å². The van der Waals surface area contributed by atoms with Crippen molar-refractivity contribution in [3.8, 4) is 0 Å². The fraction of sp³-hybridized carbons (Fsp3) is 0.889. The molecule has 1 atom stereocenters. The molecular weight excluding hydrogens is 170 g/mol. The minimum Gasteiger partial charge on any atom is -0.480 e. The van der Waals surface area contributed by atoms with Crippen LogP contribution >= 0.6 is 0 Å². The topological polar surface area (TPSA) is 69.6 Å². The summed E-state index contributed by atoms with van der Waals surface area (Å²) in [5.41, 5.74) is -0.261. The minimum absolute atomic E-state index is 0.0516. The summed E-state index contributed by atoms with van der Waals surface area (Å²) in [6, 6.07) is -0.508. The number of hydrogen-bond acceptors (Lipinski definition) is 3. The Hall–Kier alpha value is -0.610. The molecule has 1 unspecified atom stereocenters. The Balaban J connectivity index is 3.92. The third-order valence-electron chi connectivity index (χ3n) is 1.96. The average Bonchev–Trinajstić information content (AvgIpc) is 2.05. The Morgan fingerprint density at radius 3 is 2.38 bits per heavy atom. The molecule has 0 aliphatic rings. The normalized spacial score (nSPS) is 14.2. The monoisotopic (exact) mass is 189 g/mol. The Morgan fingerprint density at radius 2 is 2.08 bits per heavy atom. The number of aliphatic hydroxyl groups excluding tert-OH is 1. The number of rotatable bonds is 6. The Kier molecular flexibility index (Phi) is 4.95. The van der Waals surface area contributed by atoms with Crippen molar-refractivity contribution in [2.24, 2.45) is 5.41 Å². The van der Waals surface area contributed by atoms with Gasteiger partial charge in [0, 0.05) is 18.6 Å². The van der Waals surface area contributed by atoms with Crippen LogP contribution in [0.2, 0.25) is 0 Å². The maximum atomic E-state index is 10.6. The molecule has 78 valence electrons. The van der Waals surface area contributed by atoms with Crippen LogP contribution in [0.25, 0.3) is 0 Å². The van der Waals surface area contributed by atoms with Crippen molar-refractivity contribution in [1.29, 1.82) is 0 Å². The molecule has 0 spiro atoms. The fourth-order valence-corrected chi connectivity index (χ4v) is 0.862. The lowest BCUT2D eigenvalue weighted by Crippen LogP contribution is -2.42. The zero-order valence-corrected chi connectivity index (χ0v) is 8.50. The number of carboxylic acid groups (broad SMARTS) is 1. The van der Waals surface area contributed by atoms with Crippen molar-refractivity contribution in [3.05, 3.63) is 0 Å². The lowest BCUT2D eigenvalue weighted by atomic mass is 9.94. The highest BCUT2D eigenvalue weighted by Gasteiger charge is 2.20. The first-order valence-corrected chi connectivity index (χ1v) is 4.50. The molecule has 0 fully saturated rings. The fourth-order valence-electron chi connectivity index (χ4n) is 0.862. The van der Waals surface area contributed by atoms with Crippen LogP contribution in [0.15, 0.2) is 0 Å². The summed E-state index contributed by atoms with van der Waals surface area (Å²) in [5, 5.41) is 20.5. The van der Waals surface area contributed by atoms with Gasteiger partial charge in [-0.2, -0.15) is 0 Å². The molecule has 0 aromatic rings. The number of aliphatic hydroxyl groups is 1. The van der Waals surface area contributed by atoms with Gasteiger partial charge in [-0.15, -0.1) is 0 Å². The van der Waals surface area contributed by atoms with E-state index in [-0.39, 0.29) is 12.0 Å². The van der Waals surface area contributed by atoms with Crippen LogP contribution in [0, 0.1) is 5.41 Å². The average molecular weight is 189 g/mol. The van der Waals surface area contributed by atoms with Crippen molar-refractivity contribution in [2.75, 3.05) is 13.2 Å². The molecule has 0 aromatic heterocycles. The largest absolute Gasteiger partial charge is 0.480 e. The molecule has 0 heterocycles. The number of carbonyl (C=O) groups is 1. The molecule has 0 radical (unpaired) electrons. The lowest BCUT2D eigenvalue weighted by molar-refractivity contribution is -0.139. The standard InChI is InChI=1S/C9H19NO3/c1-4-7(8(12)13)10-5-9(2,3)6-11/h7,10-11H,4-6H2,1-3H3,(H,12,13). The molecule has 3 N–H and O–H groups in total. The predicted octanol–water partition coefficient (Wildman–Crippen LogP) is 0.458. The summed E-state index contributed by atoms with van der Waals surface area (Å²) >= 11 is 0. The van der Waals surface area contributed by atoms with Gasteiger partial charge in [0.2, 0.25) is 0 Å². The van der Waals surface area contributed by atoms with Gasteiger partial charge in [-0.1, -0.05) is 20.8 Å². The van der Waals surface area contributed by atoms with Crippen molar-refractivity contribution in [3.63, 3.8) is 0 Å². The molecule has 4 heteroatoms. The van der Waals surface area contributed by atoms with E-state index in [1.165, 1.54) is 0 Å². The molecule has 0 saturated carbocycles. The molecule has 0 saturated heterocycles. The van der Waals surface area contributed by atoms with Crippen molar-refractivity contribution >= 4 is 5.97 Å². The van der Waals surface area contributed by atoms with E-state index in [9.17, 15) is 4.79 Å². The van der Waals surface area contributed by atoms with E-state index < -0.39 is 12.0 Å². The van der Waals surface area contributed by atoms with Crippen LogP contribution in [0.3, 0.4) is 0 Å². The number of carboxylic acids is 1. The Labute approximate surface area is 79.0 Å². The Morgan fingerprint density at radius 1 is 1.54 bits per heavy atom. The van der Waals surface area contributed by atoms with Gasteiger partial charge in [-0.3, -0.25) is 4.79 Å². The summed E-state index contributed by atoms with van der Waals surface area (Å²) in [6.07, 6.45) is 0.552. The highest BCUT2D eigenvalue weighted by atomic mass is 16.4. The van der Waals surface area contributed by atoms with E-state index in [0.29, 0.717) is 13.0 Å². The van der Waals surface area contributed by atoms with Crippen LogP contribution in [0.5, 0.6) is 0 Å². The quantitative estimate of drug-likeness (QED) is 0.567. The van der Waals surface area contributed by atoms with Crippen molar-refractivity contribution in [2.45, 2.75) is 33.2 Å². The molecule has 0 aliphatic heterocycles. The van der Waals surface area contributed by atoms with Gasteiger partial charge < -0.3 is 15.5 Å². The van der Waals surface area contributed by atoms with Crippen LogP contribution in [0.4, 0.5) is 0 Å². The molecule has 13 heavy (non-hydrogen) atoms. The zero-order valence-electron chi connectivity index (χ0n) is 8.50. The van der Waals surface area contributed by atoms with Crippen LogP contribution in [0.1, 0.15) is 27.2 Å². The maximum Gasteiger partial charge on any atom is 0.320 e. The predicted molar refractivity (Wildman–Crippen MR) is 50.6 cm³/mol. The molecule has 0 bridgehead atoms. The summed E-state index contributed by atoms with van der Waals surface area (Å²) < 4.78 is 0. The molecule has 0 rings (SSSR count). The maximum absolute atomic E-state index is 10.6. The van der Waals surface area contributed by atoms with Gasteiger partial charge in [0.15, 0.2) is 0 Å². The van der Waals surface area contributed by atoms with Gasteiger partial charge in [0.05, 0.1) is 0 Å². The summed E-state index contributed by atoms with van der Waals surface area (Å²) in [5.74, 6) is -0.837. The van der Waals surface area contributed by atoms with Crippen LogP contribution < -0.4 is 5.32 Å². The molecule has 4 nitrogen and oxygen atoms in total. The highest BCUT2D eigenvalue weighted by Crippen LogP contribution is 2.11. The van der Waals surface area contributed by atoms with E-state index in [4.69, 9.17) is 10.2 Å². The van der Waals surface area contributed by atoms with Gasteiger partial charge in [-0.05, 0) is 6.42 Å². The molecule has 0 amide bonds. The second kappa shape index (κ2) is 5.19. The minimum atomic E-state index is -0.837. The summed E-state index contributed by atoms with van der Waals surface area (Å²) in [7, 11) is 0. The third-order valence-corrected chi connectivity index (χ3v) is 1.96. The molecule has 0 aromatic carbocycles. The first-order chi connectivity index (χ1) is 5.93. The molecular formula is C9H19NO3. The lowest BCUT2D eigenvalue weighted by Gasteiger charge is -2.24. The van der Waals surface area contributed by atoms with E-state index >= 15 is 0 Å². The van der Waals surface area contributed by atoms with E-state index in [1.807, 2.05) is 20.8 Å². The Bertz CT molecular complexity index is 168. The van der Waals surface area contributed by atoms with Crippen LogP contribution in [-0.2, 0) is 4.79 Å². The van der Waals surface area contributed by atoms with Gasteiger partial charge in [-0.25, -0.2) is 0 Å². The number of nitrogens with one attached hydrogen (secondary N) is 1. The second-order valence-corrected chi connectivity index (χ2v) is 4.00. The van der Waals surface area contributed by atoms with Crippen molar-refractivity contribution < 1.29 is 15.0 Å². The molecule has 0 aliphatic carbocycles. The van der Waals surface area contributed by atoms with Gasteiger partial charge >= 0.3 is 5.97 Å². The first kappa shape index (κ1) is 12.4. The van der Waals surface area contributed by atoms with Crippen LogP contribution in [-0.4, -0.2) is 35.4 Å². The van der Waals surface area contributed by atoms with Gasteiger partial charge in [0.1, 0.15) is 6.04 Å². The number of aliphatic carboxylic acids is 1. The summed E-state index contributed by atoms with van der Waals surface area (Å²) in [6.45, 7) is 6.14. The smallest absolute Gasteiger partial charge is 0.320 e. The summed E-state index contributed by atoms with van der Waals surface area (Å²) in [4.78, 5) is 10.6. The zero-order chi connectivity index (χ0) is 10.5. The number of hydrogen-bond donors (Lipinski definition) is 3. The SMILES string of the molecule is CCC(NCC(C)(C)CO)C(=O)O. The first-order valence-electron chi connectivity index (χ1n) is 4.50.